The van der Waals surface area contributed by atoms with Crippen molar-refractivity contribution in [1.29, 1.82) is 0 Å². The molecule has 1 aromatic carbocycles. The second kappa shape index (κ2) is 8.07. The lowest BCUT2D eigenvalue weighted by Gasteiger charge is -2.18. The number of halogens is 1. The molecule has 3 nitrogen and oxygen atoms in total. The highest BCUT2D eigenvalue weighted by molar-refractivity contribution is 7.80. The summed E-state index contributed by atoms with van der Waals surface area (Å²) in [6.45, 7) is 3.88. The highest BCUT2D eigenvalue weighted by atomic mass is 32.1. The molecule has 2 N–H and O–H groups in total. The standard InChI is InChI=1S/C14H22FN3S/c1-11(12-5-7-13(15)8-6-12)17-14(19)16-9-4-10-18(2)3/h5-8,11H,4,9-10H2,1-3H3,(H2,16,17,19)/t11-/m1/s1. The van der Waals surface area contributed by atoms with Gasteiger partial charge < -0.3 is 15.5 Å². The van der Waals surface area contributed by atoms with Crippen molar-refractivity contribution in [2.45, 2.75) is 19.4 Å². The zero-order valence-corrected chi connectivity index (χ0v) is 12.6. The molecule has 106 valence electrons. The molecular weight excluding hydrogens is 261 g/mol. The SMILES string of the molecule is C[C@@H](NC(=S)NCCCN(C)C)c1ccc(F)cc1. The first kappa shape index (κ1) is 15.9. The van der Waals surface area contributed by atoms with Crippen LogP contribution in [0.3, 0.4) is 0 Å². The van der Waals surface area contributed by atoms with E-state index in [2.05, 4.69) is 15.5 Å². The summed E-state index contributed by atoms with van der Waals surface area (Å²) in [6, 6.07) is 6.51. The summed E-state index contributed by atoms with van der Waals surface area (Å²) in [5, 5.41) is 6.99. The maximum atomic E-state index is 12.8. The van der Waals surface area contributed by atoms with Gasteiger partial charge in [0.2, 0.25) is 0 Å². The Bertz CT molecular complexity index is 392. The summed E-state index contributed by atoms with van der Waals surface area (Å²) in [6.07, 6.45) is 1.04. The lowest BCUT2D eigenvalue weighted by Crippen LogP contribution is -2.37. The molecule has 0 radical (unpaired) electrons. The number of benzene rings is 1. The second-order valence-electron chi connectivity index (χ2n) is 4.83. The molecule has 0 amide bonds. The van der Waals surface area contributed by atoms with Crippen molar-refractivity contribution in [3.8, 4) is 0 Å². The normalized spacial score (nSPS) is 12.3. The molecule has 0 fully saturated rings. The van der Waals surface area contributed by atoms with Gasteiger partial charge in [-0.05, 0) is 63.9 Å². The fourth-order valence-corrected chi connectivity index (χ4v) is 1.96. The van der Waals surface area contributed by atoms with Gasteiger partial charge in [0.1, 0.15) is 5.82 Å². The van der Waals surface area contributed by atoms with Crippen molar-refractivity contribution in [1.82, 2.24) is 15.5 Å². The van der Waals surface area contributed by atoms with Gasteiger partial charge in [-0.3, -0.25) is 0 Å². The number of rotatable bonds is 6. The molecule has 0 aliphatic rings. The van der Waals surface area contributed by atoms with Crippen LogP contribution < -0.4 is 10.6 Å². The minimum absolute atomic E-state index is 0.0643. The Morgan fingerprint density at radius 3 is 2.53 bits per heavy atom. The number of hydrogen-bond acceptors (Lipinski definition) is 2. The maximum Gasteiger partial charge on any atom is 0.166 e. The van der Waals surface area contributed by atoms with Gasteiger partial charge in [-0.15, -0.1) is 0 Å². The summed E-state index contributed by atoms with van der Waals surface area (Å²) in [7, 11) is 4.10. The predicted molar refractivity (Wildman–Crippen MR) is 81.7 cm³/mol. The van der Waals surface area contributed by atoms with Crippen LogP contribution in [-0.4, -0.2) is 37.2 Å². The van der Waals surface area contributed by atoms with E-state index in [1.807, 2.05) is 21.0 Å². The number of thiocarbonyl (C=S) groups is 1. The Morgan fingerprint density at radius 2 is 1.95 bits per heavy atom. The number of nitrogens with one attached hydrogen (secondary N) is 2. The largest absolute Gasteiger partial charge is 0.363 e. The zero-order chi connectivity index (χ0) is 14.3. The van der Waals surface area contributed by atoms with Gasteiger partial charge >= 0.3 is 0 Å². The predicted octanol–water partition coefficient (Wildman–Crippen LogP) is 2.30. The molecule has 0 heterocycles. The van der Waals surface area contributed by atoms with Gasteiger partial charge in [0.05, 0.1) is 6.04 Å². The second-order valence-corrected chi connectivity index (χ2v) is 5.24. The third kappa shape index (κ3) is 6.50. The maximum absolute atomic E-state index is 12.8. The molecule has 0 unspecified atom stereocenters. The lowest BCUT2D eigenvalue weighted by atomic mass is 10.1. The molecule has 1 rings (SSSR count). The van der Waals surface area contributed by atoms with Crippen LogP contribution in [-0.2, 0) is 0 Å². The molecule has 0 aromatic heterocycles. The first-order valence-electron chi connectivity index (χ1n) is 6.43. The van der Waals surface area contributed by atoms with E-state index >= 15 is 0 Å². The van der Waals surface area contributed by atoms with Crippen LogP contribution in [0.5, 0.6) is 0 Å². The van der Waals surface area contributed by atoms with Gasteiger partial charge in [-0.2, -0.15) is 0 Å². The van der Waals surface area contributed by atoms with Crippen LogP contribution in [0.25, 0.3) is 0 Å². The lowest BCUT2D eigenvalue weighted by molar-refractivity contribution is 0.400. The van der Waals surface area contributed by atoms with E-state index in [4.69, 9.17) is 12.2 Å². The van der Waals surface area contributed by atoms with Crippen molar-refractivity contribution >= 4 is 17.3 Å². The van der Waals surface area contributed by atoms with Crippen molar-refractivity contribution in [2.75, 3.05) is 27.2 Å². The molecular formula is C14H22FN3S. The summed E-state index contributed by atoms with van der Waals surface area (Å²) in [5.41, 5.74) is 1.01. The van der Waals surface area contributed by atoms with E-state index in [-0.39, 0.29) is 11.9 Å². The summed E-state index contributed by atoms with van der Waals surface area (Å²) >= 11 is 5.23. The molecule has 5 heteroatoms. The van der Waals surface area contributed by atoms with Gasteiger partial charge in [-0.25, -0.2) is 4.39 Å². The zero-order valence-electron chi connectivity index (χ0n) is 11.7. The van der Waals surface area contributed by atoms with E-state index in [1.54, 1.807) is 12.1 Å². The minimum Gasteiger partial charge on any atom is -0.363 e. The quantitative estimate of drug-likeness (QED) is 0.619. The van der Waals surface area contributed by atoms with Gasteiger partial charge in [0.25, 0.3) is 0 Å². The minimum atomic E-state index is -0.222. The van der Waals surface area contributed by atoms with Crippen molar-refractivity contribution in [3.05, 3.63) is 35.6 Å². The Morgan fingerprint density at radius 1 is 1.32 bits per heavy atom. The average molecular weight is 283 g/mol. The molecule has 0 aliphatic carbocycles. The Labute approximate surface area is 120 Å². The summed E-state index contributed by atoms with van der Waals surface area (Å²) < 4.78 is 12.8. The average Bonchev–Trinajstić information content (AvgIpc) is 2.35. The third-order valence-corrected chi connectivity index (χ3v) is 3.05. The fraction of sp³-hybridized carbons (Fsp3) is 0.500. The summed E-state index contributed by atoms with van der Waals surface area (Å²) in [5.74, 6) is -0.222. The van der Waals surface area contributed by atoms with Crippen molar-refractivity contribution in [2.24, 2.45) is 0 Å². The molecule has 0 aliphatic heterocycles. The fourth-order valence-electron chi connectivity index (χ4n) is 1.68. The van der Waals surface area contributed by atoms with E-state index in [0.29, 0.717) is 5.11 Å². The highest BCUT2D eigenvalue weighted by Crippen LogP contribution is 2.12. The molecule has 0 spiro atoms. The highest BCUT2D eigenvalue weighted by Gasteiger charge is 2.06. The van der Waals surface area contributed by atoms with Gasteiger partial charge in [-0.1, -0.05) is 12.1 Å². The Kier molecular flexibility index (Phi) is 6.73. The van der Waals surface area contributed by atoms with E-state index in [0.717, 1.165) is 25.1 Å². The van der Waals surface area contributed by atoms with Crippen molar-refractivity contribution < 1.29 is 4.39 Å². The smallest absolute Gasteiger partial charge is 0.166 e. The first-order valence-corrected chi connectivity index (χ1v) is 6.84. The topological polar surface area (TPSA) is 27.3 Å². The molecule has 0 bridgehead atoms. The van der Waals surface area contributed by atoms with Crippen LogP contribution in [0.1, 0.15) is 24.9 Å². The summed E-state index contributed by atoms with van der Waals surface area (Å²) in [4.78, 5) is 2.14. The van der Waals surface area contributed by atoms with Crippen LogP contribution in [0, 0.1) is 5.82 Å². The molecule has 19 heavy (non-hydrogen) atoms. The van der Waals surface area contributed by atoms with Crippen LogP contribution in [0.15, 0.2) is 24.3 Å². The molecule has 1 aromatic rings. The monoisotopic (exact) mass is 283 g/mol. The van der Waals surface area contributed by atoms with Crippen LogP contribution in [0.2, 0.25) is 0 Å². The number of nitrogens with zero attached hydrogens (tertiary/aromatic N) is 1. The molecule has 0 saturated heterocycles. The Balaban J connectivity index is 2.29. The van der Waals surface area contributed by atoms with E-state index in [1.165, 1.54) is 12.1 Å². The van der Waals surface area contributed by atoms with Crippen LogP contribution >= 0.6 is 12.2 Å². The van der Waals surface area contributed by atoms with Crippen molar-refractivity contribution in [3.63, 3.8) is 0 Å². The first-order chi connectivity index (χ1) is 8.99. The molecule has 1 atom stereocenters. The van der Waals surface area contributed by atoms with Gasteiger partial charge in [0, 0.05) is 6.54 Å². The number of hydrogen-bond donors (Lipinski definition) is 2. The third-order valence-electron chi connectivity index (χ3n) is 2.79. The van der Waals surface area contributed by atoms with E-state index < -0.39 is 0 Å². The van der Waals surface area contributed by atoms with Gasteiger partial charge in [0.15, 0.2) is 5.11 Å². The van der Waals surface area contributed by atoms with Crippen LogP contribution in [0.4, 0.5) is 4.39 Å². The van der Waals surface area contributed by atoms with E-state index in [9.17, 15) is 4.39 Å². The molecule has 0 saturated carbocycles. The Hall–Kier alpha value is -1.20.